The minimum Gasteiger partial charge on any atom is -0.461 e. The standard InChI is InChI=1S/C21H25N3O4/c1-3-27-21(26)19-16-13-23(20(25)18-5-4-12-28-18)11-10-17(16)24(22-19)15-8-6-14(2)7-9-15/h6-9,18H,3-5,10-13H2,1-2H3. The van der Waals surface area contributed by atoms with Gasteiger partial charge in [0.1, 0.15) is 6.10 Å². The predicted octanol–water partition coefficient (Wildman–Crippen LogP) is 2.42. The molecule has 2 aliphatic heterocycles. The monoisotopic (exact) mass is 383 g/mol. The SMILES string of the molecule is CCOC(=O)c1nn(-c2ccc(C)cc2)c2c1CN(C(=O)C1CCCO1)CC2. The molecule has 4 rings (SSSR count). The Bertz CT molecular complexity index is 882. The van der Waals surface area contributed by atoms with E-state index in [1.807, 2.05) is 35.9 Å². The summed E-state index contributed by atoms with van der Waals surface area (Å²) in [5.74, 6) is -0.447. The van der Waals surface area contributed by atoms with Crippen molar-refractivity contribution in [2.45, 2.75) is 45.8 Å². The first-order valence-corrected chi connectivity index (χ1v) is 9.83. The molecule has 7 heteroatoms. The summed E-state index contributed by atoms with van der Waals surface area (Å²) in [4.78, 5) is 27.1. The second-order valence-corrected chi connectivity index (χ2v) is 7.25. The van der Waals surface area contributed by atoms with E-state index >= 15 is 0 Å². The number of hydrogen-bond donors (Lipinski definition) is 0. The number of hydrogen-bond acceptors (Lipinski definition) is 5. The van der Waals surface area contributed by atoms with Crippen molar-refractivity contribution >= 4 is 11.9 Å². The van der Waals surface area contributed by atoms with Crippen molar-refractivity contribution in [2.75, 3.05) is 19.8 Å². The van der Waals surface area contributed by atoms with E-state index in [1.165, 1.54) is 0 Å². The largest absolute Gasteiger partial charge is 0.461 e. The Morgan fingerprint density at radius 3 is 2.75 bits per heavy atom. The van der Waals surface area contributed by atoms with Gasteiger partial charge in [-0.25, -0.2) is 9.48 Å². The predicted molar refractivity (Wildman–Crippen MR) is 102 cm³/mol. The maximum atomic E-state index is 12.8. The second kappa shape index (κ2) is 7.75. The number of nitrogens with zero attached hydrogens (tertiary/aromatic N) is 3. The summed E-state index contributed by atoms with van der Waals surface area (Å²) < 4.78 is 12.6. The van der Waals surface area contributed by atoms with E-state index in [2.05, 4.69) is 5.10 Å². The average Bonchev–Trinajstić information content (AvgIpc) is 3.36. The number of amides is 1. The number of fused-ring (bicyclic) bond motifs is 1. The van der Waals surface area contributed by atoms with Gasteiger partial charge in [-0.15, -0.1) is 0 Å². The van der Waals surface area contributed by atoms with Crippen LogP contribution in [0.15, 0.2) is 24.3 Å². The number of aryl methyl sites for hydroxylation is 1. The van der Waals surface area contributed by atoms with Crippen molar-refractivity contribution in [1.82, 2.24) is 14.7 Å². The molecule has 0 aliphatic carbocycles. The minimum atomic E-state index is -0.448. The van der Waals surface area contributed by atoms with Gasteiger partial charge in [-0.1, -0.05) is 17.7 Å². The summed E-state index contributed by atoms with van der Waals surface area (Å²) in [6.07, 6.45) is 1.94. The van der Waals surface area contributed by atoms with Crippen molar-refractivity contribution in [3.8, 4) is 5.69 Å². The first kappa shape index (κ1) is 18.7. The van der Waals surface area contributed by atoms with E-state index in [-0.39, 0.29) is 18.6 Å². The fourth-order valence-corrected chi connectivity index (χ4v) is 3.85. The highest BCUT2D eigenvalue weighted by molar-refractivity contribution is 5.90. The molecule has 0 bridgehead atoms. The molecule has 1 aromatic carbocycles. The summed E-state index contributed by atoms with van der Waals surface area (Å²) in [5.41, 5.74) is 4.09. The Balaban J connectivity index is 1.69. The van der Waals surface area contributed by atoms with Gasteiger partial charge >= 0.3 is 5.97 Å². The van der Waals surface area contributed by atoms with Crippen LogP contribution in [0.25, 0.3) is 5.69 Å². The van der Waals surface area contributed by atoms with Crippen LogP contribution in [0.1, 0.15) is 47.1 Å². The van der Waals surface area contributed by atoms with Gasteiger partial charge in [0.05, 0.1) is 24.5 Å². The number of carbonyl (C=O) groups excluding carboxylic acids is 2. The molecule has 0 spiro atoms. The molecule has 7 nitrogen and oxygen atoms in total. The number of ether oxygens (including phenoxy) is 2. The zero-order chi connectivity index (χ0) is 19.7. The van der Waals surface area contributed by atoms with Crippen molar-refractivity contribution in [2.24, 2.45) is 0 Å². The molecule has 2 aliphatic rings. The van der Waals surface area contributed by atoms with Gasteiger partial charge in [0.25, 0.3) is 5.91 Å². The van der Waals surface area contributed by atoms with E-state index in [0.717, 1.165) is 35.3 Å². The highest BCUT2D eigenvalue weighted by atomic mass is 16.5. The van der Waals surface area contributed by atoms with E-state index in [9.17, 15) is 9.59 Å². The Labute approximate surface area is 164 Å². The summed E-state index contributed by atoms with van der Waals surface area (Å²) in [7, 11) is 0. The van der Waals surface area contributed by atoms with Crippen LogP contribution in [-0.4, -0.2) is 52.4 Å². The number of esters is 1. The smallest absolute Gasteiger partial charge is 0.359 e. The minimum absolute atomic E-state index is 0.000967. The number of rotatable bonds is 4. The highest BCUT2D eigenvalue weighted by Gasteiger charge is 2.34. The fraction of sp³-hybridized carbons (Fsp3) is 0.476. The quantitative estimate of drug-likeness (QED) is 0.758. The zero-order valence-corrected chi connectivity index (χ0v) is 16.3. The summed E-state index contributed by atoms with van der Waals surface area (Å²) in [5, 5.41) is 4.57. The van der Waals surface area contributed by atoms with E-state index in [1.54, 1.807) is 11.8 Å². The summed E-state index contributed by atoms with van der Waals surface area (Å²) in [6.45, 7) is 5.66. The van der Waals surface area contributed by atoms with Crippen LogP contribution in [-0.2, 0) is 27.2 Å². The summed E-state index contributed by atoms with van der Waals surface area (Å²) >= 11 is 0. The van der Waals surface area contributed by atoms with Gasteiger partial charge in [-0.3, -0.25) is 4.79 Å². The van der Waals surface area contributed by atoms with Gasteiger partial charge in [0, 0.05) is 25.1 Å². The molecule has 0 N–H and O–H groups in total. The zero-order valence-electron chi connectivity index (χ0n) is 16.3. The number of benzene rings is 1. The van der Waals surface area contributed by atoms with Crippen molar-refractivity contribution in [3.63, 3.8) is 0 Å². The van der Waals surface area contributed by atoms with Crippen molar-refractivity contribution < 1.29 is 19.1 Å². The third-order valence-corrected chi connectivity index (χ3v) is 5.32. The second-order valence-electron chi connectivity index (χ2n) is 7.25. The van der Waals surface area contributed by atoms with Gasteiger partial charge in [0.2, 0.25) is 0 Å². The van der Waals surface area contributed by atoms with Gasteiger partial charge in [0.15, 0.2) is 5.69 Å². The Morgan fingerprint density at radius 1 is 1.29 bits per heavy atom. The molecule has 0 saturated carbocycles. The molecular formula is C21H25N3O4. The van der Waals surface area contributed by atoms with Gasteiger partial charge in [-0.2, -0.15) is 5.10 Å². The van der Waals surface area contributed by atoms with Crippen LogP contribution < -0.4 is 0 Å². The van der Waals surface area contributed by atoms with Crippen molar-refractivity contribution in [1.29, 1.82) is 0 Å². The molecule has 1 fully saturated rings. The molecule has 1 saturated heterocycles. The third kappa shape index (κ3) is 3.42. The molecular weight excluding hydrogens is 358 g/mol. The van der Waals surface area contributed by atoms with Crippen molar-refractivity contribution in [3.05, 3.63) is 46.8 Å². The lowest BCUT2D eigenvalue weighted by Crippen LogP contribution is -2.42. The Hall–Kier alpha value is -2.67. The fourth-order valence-electron chi connectivity index (χ4n) is 3.85. The lowest BCUT2D eigenvalue weighted by atomic mass is 10.0. The summed E-state index contributed by atoms with van der Waals surface area (Å²) in [6, 6.07) is 8.01. The molecule has 1 atom stereocenters. The third-order valence-electron chi connectivity index (χ3n) is 5.32. The molecule has 2 aromatic rings. The Kier molecular flexibility index (Phi) is 5.17. The van der Waals surface area contributed by atoms with Crippen LogP contribution >= 0.6 is 0 Å². The van der Waals surface area contributed by atoms with Crippen LogP contribution in [0.5, 0.6) is 0 Å². The molecule has 28 heavy (non-hydrogen) atoms. The van der Waals surface area contributed by atoms with E-state index in [0.29, 0.717) is 31.8 Å². The molecule has 1 amide bonds. The number of carbonyl (C=O) groups is 2. The topological polar surface area (TPSA) is 73.7 Å². The van der Waals surface area contributed by atoms with Crippen LogP contribution in [0.3, 0.4) is 0 Å². The highest BCUT2D eigenvalue weighted by Crippen LogP contribution is 2.28. The lowest BCUT2D eigenvalue weighted by Gasteiger charge is -2.29. The molecule has 1 aromatic heterocycles. The van der Waals surface area contributed by atoms with E-state index in [4.69, 9.17) is 9.47 Å². The van der Waals surface area contributed by atoms with Crippen LogP contribution in [0, 0.1) is 6.92 Å². The average molecular weight is 383 g/mol. The molecule has 0 radical (unpaired) electrons. The first-order chi connectivity index (χ1) is 13.6. The molecule has 148 valence electrons. The van der Waals surface area contributed by atoms with Gasteiger partial charge in [-0.05, 0) is 38.8 Å². The maximum absolute atomic E-state index is 12.8. The normalized spacial score (nSPS) is 18.8. The van der Waals surface area contributed by atoms with Crippen LogP contribution in [0.2, 0.25) is 0 Å². The maximum Gasteiger partial charge on any atom is 0.359 e. The molecule has 3 heterocycles. The Morgan fingerprint density at radius 2 is 2.07 bits per heavy atom. The first-order valence-electron chi connectivity index (χ1n) is 9.83. The number of aromatic nitrogens is 2. The van der Waals surface area contributed by atoms with E-state index < -0.39 is 5.97 Å². The lowest BCUT2D eigenvalue weighted by molar-refractivity contribution is -0.141. The molecule has 1 unspecified atom stereocenters. The van der Waals surface area contributed by atoms with Crippen LogP contribution in [0.4, 0.5) is 0 Å². The van der Waals surface area contributed by atoms with Gasteiger partial charge < -0.3 is 14.4 Å².